The fourth-order valence-corrected chi connectivity index (χ4v) is 3.18. The maximum atomic E-state index is 5.44. The zero-order valence-corrected chi connectivity index (χ0v) is 18.1. The van der Waals surface area contributed by atoms with Gasteiger partial charge in [-0.15, -0.1) is 0 Å². The first-order chi connectivity index (χ1) is 14.7. The maximum absolute atomic E-state index is 5.44. The van der Waals surface area contributed by atoms with Crippen molar-refractivity contribution in [1.29, 1.82) is 0 Å². The molecule has 8 nitrogen and oxygen atoms in total. The Morgan fingerprint density at radius 1 is 0.967 bits per heavy atom. The van der Waals surface area contributed by atoms with Crippen LogP contribution in [-0.4, -0.2) is 47.0 Å². The van der Waals surface area contributed by atoms with E-state index in [4.69, 9.17) is 4.74 Å². The number of aromatic nitrogens is 3. The van der Waals surface area contributed by atoms with E-state index in [2.05, 4.69) is 51.6 Å². The highest BCUT2D eigenvalue weighted by Crippen LogP contribution is 2.19. The van der Waals surface area contributed by atoms with E-state index in [1.54, 1.807) is 0 Å². The van der Waals surface area contributed by atoms with Crippen molar-refractivity contribution in [2.45, 2.75) is 6.92 Å². The smallest absolute Gasteiger partial charge is 0.250 e. The third-order valence-corrected chi connectivity index (χ3v) is 5.06. The summed E-state index contributed by atoms with van der Waals surface area (Å²) in [5.41, 5.74) is 5.72. The lowest BCUT2D eigenvalue weighted by molar-refractivity contribution is 0.122. The van der Waals surface area contributed by atoms with Crippen LogP contribution in [0.5, 0.6) is 0 Å². The van der Waals surface area contributed by atoms with Gasteiger partial charge in [-0.25, -0.2) is 5.43 Å². The molecule has 1 aromatic heterocycles. The highest BCUT2D eigenvalue weighted by Gasteiger charge is 2.16. The first-order valence-corrected chi connectivity index (χ1v) is 10.4. The van der Waals surface area contributed by atoms with Crippen molar-refractivity contribution in [2.75, 3.05) is 41.9 Å². The van der Waals surface area contributed by atoms with Crippen molar-refractivity contribution in [3.63, 3.8) is 0 Å². The quantitative estimate of drug-likeness (QED) is 0.417. The molecule has 0 bridgehead atoms. The number of halogens is 1. The van der Waals surface area contributed by atoms with Crippen molar-refractivity contribution >= 4 is 45.2 Å². The molecule has 154 valence electrons. The predicted molar refractivity (Wildman–Crippen MR) is 123 cm³/mol. The van der Waals surface area contributed by atoms with Crippen molar-refractivity contribution < 1.29 is 4.74 Å². The Morgan fingerprint density at radius 3 is 2.40 bits per heavy atom. The van der Waals surface area contributed by atoms with Crippen molar-refractivity contribution in [3.8, 4) is 0 Å². The van der Waals surface area contributed by atoms with Crippen molar-refractivity contribution in [2.24, 2.45) is 5.10 Å². The van der Waals surface area contributed by atoms with Gasteiger partial charge >= 0.3 is 0 Å². The number of nitrogens with one attached hydrogen (secondary N) is 2. The summed E-state index contributed by atoms with van der Waals surface area (Å²) in [5.74, 6) is 1.42. The SMILES string of the molecule is C/C(=N/Nc1nc(Nc2ccccc2)nc(N2CCOCC2)n1)c1ccc(Br)cc1. The molecule has 0 spiro atoms. The minimum atomic E-state index is 0.376. The number of anilines is 4. The summed E-state index contributed by atoms with van der Waals surface area (Å²) in [5, 5.41) is 7.69. The molecule has 30 heavy (non-hydrogen) atoms. The van der Waals surface area contributed by atoms with E-state index in [1.807, 2.05) is 61.5 Å². The van der Waals surface area contributed by atoms with Gasteiger partial charge in [-0.05, 0) is 36.8 Å². The van der Waals surface area contributed by atoms with Crippen molar-refractivity contribution in [3.05, 3.63) is 64.6 Å². The van der Waals surface area contributed by atoms with Gasteiger partial charge in [-0.3, -0.25) is 0 Å². The summed E-state index contributed by atoms with van der Waals surface area (Å²) in [6.45, 7) is 4.70. The molecule has 0 amide bonds. The second-order valence-electron chi connectivity index (χ2n) is 6.69. The summed E-state index contributed by atoms with van der Waals surface area (Å²) < 4.78 is 6.47. The van der Waals surface area contributed by atoms with Crippen LogP contribution in [0.2, 0.25) is 0 Å². The lowest BCUT2D eigenvalue weighted by Gasteiger charge is -2.27. The van der Waals surface area contributed by atoms with Crippen LogP contribution in [0, 0.1) is 0 Å². The molecule has 4 rings (SSSR count). The molecule has 0 saturated carbocycles. The molecular formula is C21H22BrN7O. The van der Waals surface area contributed by atoms with E-state index in [1.165, 1.54) is 0 Å². The third kappa shape index (κ3) is 5.31. The van der Waals surface area contributed by atoms with Gasteiger partial charge in [0.2, 0.25) is 17.8 Å². The van der Waals surface area contributed by atoms with E-state index in [9.17, 15) is 0 Å². The standard InChI is InChI=1S/C21H22BrN7O/c1-15(16-7-9-17(22)10-8-16)27-28-20-24-19(23-18-5-3-2-4-6-18)25-21(26-20)29-11-13-30-14-12-29/h2-10H,11-14H2,1H3,(H2,23,24,25,26,28)/b27-15-. The molecule has 1 saturated heterocycles. The van der Waals surface area contributed by atoms with Gasteiger partial charge in [0.15, 0.2) is 0 Å². The van der Waals surface area contributed by atoms with E-state index in [0.717, 1.165) is 34.5 Å². The lowest BCUT2D eigenvalue weighted by atomic mass is 10.1. The van der Waals surface area contributed by atoms with Gasteiger partial charge in [-0.1, -0.05) is 46.3 Å². The zero-order valence-electron chi connectivity index (χ0n) is 16.5. The first-order valence-electron chi connectivity index (χ1n) is 9.64. The highest BCUT2D eigenvalue weighted by molar-refractivity contribution is 9.10. The van der Waals surface area contributed by atoms with Gasteiger partial charge in [-0.2, -0.15) is 20.1 Å². The second kappa shape index (κ2) is 9.64. The Labute approximate surface area is 183 Å². The van der Waals surface area contributed by atoms with E-state index in [0.29, 0.717) is 31.1 Å². The largest absolute Gasteiger partial charge is 0.378 e. The molecule has 1 aliphatic heterocycles. The lowest BCUT2D eigenvalue weighted by Crippen LogP contribution is -2.37. The molecule has 2 N–H and O–H groups in total. The fourth-order valence-electron chi connectivity index (χ4n) is 2.92. The number of nitrogens with zero attached hydrogens (tertiary/aromatic N) is 5. The number of rotatable bonds is 6. The topological polar surface area (TPSA) is 87.6 Å². The normalized spacial score (nSPS) is 14.5. The number of hydrogen-bond acceptors (Lipinski definition) is 8. The van der Waals surface area contributed by atoms with Crippen LogP contribution in [0.25, 0.3) is 0 Å². The molecule has 0 aliphatic carbocycles. The van der Waals surface area contributed by atoms with Gasteiger partial charge in [0.1, 0.15) is 0 Å². The third-order valence-electron chi connectivity index (χ3n) is 4.53. The van der Waals surface area contributed by atoms with Gasteiger partial charge in [0, 0.05) is 23.2 Å². The Bertz CT molecular complexity index is 1010. The van der Waals surface area contributed by atoms with E-state index in [-0.39, 0.29) is 0 Å². The van der Waals surface area contributed by atoms with E-state index < -0.39 is 0 Å². The molecule has 0 radical (unpaired) electrons. The summed E-state index contributed by atoms with van der Waals surface area (Å²) in [6, 6.07) is 17.8. The van der Waals surface area contributed by atoms with Crippen LogP contribution in [0.1, 0.15) is 12.5 Å². The molecular weight excluding hydrogens is 446 g/mol. The van der Waals surface area contributed by atoms with Crippen molar-refractivity contribution in [1.82, 2.24) is 15.0 Å². The molecule has 1 fully saturated rings. The second-order valence-corrected chi connectivity index (χ2v) is 7.60. The number of hydrazone groups is 1. The van der Waals surface area contributed by atoms with Gasteiger partial charge < -0.3 is 15.0 Å². The van der Waals surface area contributed by atoms with E-state index >= 15 is 0 Å². The van der Waals surface area contributed by atoms with Crippen LogP contribution in [0.3, 0.4) is 0 Å². The Morgan fingerprint density at radius 2 is 1.67 bits per heavy atom. The van der Waals surface area contributed by atoms with Crippen LogP contribution in [-0.2, 0) is 4.74 Å². The van der Waals surface area contributed by atoms with Crippen LogP contribution < -0.4 is 15.6 Å². The van der Waals surface area contributed by atoms with Crippen LogP contribution >= 0.6 is 15.9 Å². The molecule has 9 heteroatoms. The molecule has 3 aromatic rings. The highest BCUT2D eigenvalue weighted by atomic mass is 79.9. The fraction of sp³-hybridized carbons (Fsp3) is 0.238. The summed E-state index contributed by atoms with van der Waals surface area (Å²) in [6.07, 6.45) is 0. The van der Waals surface area contributed by atoms with Gasteiger partial charge in [0.25, 0.3) is 0 Å². The number of hydrogen-bond donors (Lipinski definition) is 2. The van der Waals surface area contributed by atoms with Crippen LogP contribution in [0.4, 0.5) is 23.5 Å². The van der Waals surface area contributed by atoms with Gasteiger partial charge in [0.05, 0.1) is 18.9 Å². The van der Waals surface area contributed by atoms with Crippen LogP contribution in [0.15, 0.2) is 64.2 Å². The maximum Gasteiger partial charge on any atom is 0.250 e. The number of benzene rings is 2. The Balaban J connectivity index is 1.59. The Hall–Kier alpha value is -3.04. The number of para-hydroxylation sites is 1. The molecule has 2 heterocycles. The predicted octanol–water partition coefficient (Wildman–Crippen LogP) is 4.05. The summed E-state index contributed by atoms with van der Waals surface area (Å²) in [4.78, 5) is 15.7. The molecule has 1 aliphatic rings. The zero-order chi connectivity index (χ0) is 20.8. The molecule has 0 atom stereocenters. The molecule has 2 aromatic carbocycles. The average Bonchev–Trinajstić information content (AvgIpc) is 2.79. The molecule has 0 unspecified atom stereocenters. The Kier molecular flexibility index (Phi) is 6.50. The number of morpholine rings is 1. The monoisotopic (exact) mass is 467 g/mol. The first kappa shape index (κ1) is 20.2. The summed E-state index contributed by atoms with van der Waals surface area (Å²) in [7, 11) is 0. The number of ether oxygens (including phenoxy) is 1. The minimum absolute atomic E-state index is 0.376. The minimum Gasteiger partial charge on any atom is -0.378 e. The average molecular weight is 468 g/mol. The summed E-state index contributed by atoms with van der Waals surface area (Å²) >= 11 is 3.45.